The molecule has 0 amide bonds. The van der Waals surface area contributed by atoms with Gasteiger partial charge in [0.15, 0.2) is 0 Å². The average Bonchev–Trinajstić information content (AvgIpc) is 3.03. The number of nitrogens with one attached hydrogen (secondary N) is 2. The van der Waals surface area contributed by atoms with E-state index in [0.717, 1.165) is 13.1 Å². The molecule has 3 nitrogen and oxygen atoms in total. The highest BCUT2D eigenvalue weighted by molar-refractivity contribution is 5.48. The highest BCUT2D eigenvalue weighted by Crippen LogP contribution is 1.99. The standard InChI is InChI=1S/C18H22N2O/c1-2-5-17(6-3-1)7-4-9-19-10-12-20(13-11-19)15-18-8-14-21-16-18/h1-8,14,16H,9-13,15H2/p+2/b7-4+. The molecule has 21 heavy (non-hydrogen) atoms. The fraction of sp³-hybridized carbons (Fsp3) is 0.333. The number of furan rings is 1. The SMILES string of the molecule is C(=C\c1ccccc1)/C[NH+]1CC[NH+](Cc2ccoc2)CC1. The molecule has 1 aromatic heterocycles. The van der Waals surface area contributed by atoms with Crippen LogP contribution in [0.15, 0.2) is 59.4 Å². The number of rotatable bonds is 5. The summed E-state index contributed by atoms with van der Waals surface area (Å²) in [5.74, 6) is 0. The second kappa shape index (κ2) is 7.25. The molecule has 2 aromatic rings. The lowest BCUT2D eigenvalue weighted by atomic mass is 10.2. The van der Waals surface area contributed by atoms with Gasteiger partial charge < -0.3 is 14.2 Å². The first-order valence-electron chi connectivity index (χ1n) is 7.80. The molecule has 2 heterocycles. The Balaban J connectivity index is 1.40. The van der Waals surface area contributed by atoms with Crippen LogP contribution in [0.4, 0.5) is 0 Å². The van der Waals surface area contributed by atoms with Crippen LogP contribution in [-0.2, 0) is 6.54 Å². The molecule has 1 aliphatic heterocycles. The summed E-state index contributed by atoms with van der Waals surface area (Å²) < 4.78 is 5.14. The summed E-state index contributed by atoms with van der Waals surface area (Å²) in [4.78, 5) is 3.37. The molecule has 0 bridgehead atoms. The minimum atomic E-state index is 1.10. The molecule has 3 rings (SSSR count). The van der Waals surface area contributed by atoms with Gasteiger partial charge in [-0.3, -0.25) is 0 Å². The summed E-state index contributed by atoms with van der Waals surface area (Å²) in [5, 5.41) is 0. The van der Waals surface area contributed by atoms with Crippen molar-refractivity contribution in [1.29, 1.82) is 0 Å². The highest BCUT2D eigenvalue weighted by atomic mass is 16.3. The van der Waals surface area contributed by atoms with Crippen molar-refractivity contribution in [2.45, 2.75) is 6.54 Å². The van der Waals surface area contributed by atoms with Crippen LogP contribution >= 0.6 is 0 Å². The Morgan fingerprint density at radius 2 is 1.71 bits per heavy atom. The number of hydrogen-bond acceptors (Lipinski definition) is 1. The molecule has 0 atom stereocenters. The van der Waals surface area contributed by atoms with Gasteiger partial charge in [0.05, 0.1) is 19.1 Å². The van der Waals surface area contributed by atoms with Crippen molar-refractivity contribution in [3.8, 4) is 0 Å². The first-order chi connectivity index (χ1) is 10.4. The molecular formula is C18H24N2O+2. The van der Waals surface area contributed by atoms with Crippen molar-refractivity contribution in [2.24, 2.45) is 0 Å². The fourth-order valence-electron chi connectivity index (χ4n) is 2.95. The van der Waals surface area contributed by atoms with E-state index in [1.807, 2.05) is 6.26 Å². The molecule has 1 saturated heterocycles. The third-order valence-electron chi connectivity index (χ3n) is 4.21. The van der Waals surface area contributed by atoms with Crippen LogP contribution in [0.3, 0.4) is 0 Å². The molecule has 0 radical (unpaired) electrons. The van der Waals surface area contributed by atoms with Gasteiger partial charge in [-0.2, -0.15) is 0 Å². The Kier molecular flexibility index (Phi) is 4.87. The van der Waals surface area contributed by atoms with E-state index < -0.39 is 0 Å². The van der Waals surface area contributed by atoms with Crippen molar-refractivity contribution in [3.63, 3.8) is 0 Å². The number of hydrogen-bond donors (Lipinski definition) is 2. The Morgan fingerprint density at radius 3 is 2.43 bits per heavy atom. The fourth-order valence-corrected chi connectivity index (χ4v) is 2.95. The van der Waals surface area contributed by atoms with Crippen LogP contribution in [0.2, 0.25) is 0 Å². The van der Waals surface area contributed by atoms with Gasteiger partial charge in [0.25, 0.3) is 0 Å². The van der Waals surface area contributed by atoms with Crippen LogP contribution in [-0.4, -0.2) is 32.7 Å². The summed E-state index contributed by atoms with van der Waals surface area (Å²) in [6.07, 6.45) is 8.18. The van der Waals surface area contributed by atoms with Crippen LogP contribution in [0.5, 0.6) is 0 Å². The van der Waals surface area contributed by atoms with Crippen molar-refractivity contribution < 1.29 is 14.2 Å². The zero-order chi connectivity index (χ0) is 14.3. The quantitative estimate of drug-likeness (QED) is 0.809. The Morgan fingerprint density at radius 1 is 0.952 bits per heavy atom. The second-order valence-electron chi connectivity index (χ2n) is 5.83. The average molecular weight is 284 g/mol. The van der Waals surface area contributed by atoms with Gasteiger partial charge in [-0.05, 0) is 17.7 Å². The van der Waals surface area contributed by atoms with E-state index in [2.05, 4.69) is 48.6 Å². The van der Waals surface area contributed by atoms with E-state index >= 15 is 0 Å². The van der Waals surface area contributed by atoms with Crippen molar-refractivity contribution >= 4 is 6.08 Å². The van der Waals surface area contributed by atoms with E-state index in [1.165, 1.54) is 37.3 Å². The van der Waals surface area contributed by atoms with Gasteiger partial charge in [-0.15, -0.1) is 0 Å². The number of quaternary nitrogens is 2. The van der Waals surface area contributed by atoms with Gasteiger partial charge >= 0.3 is 0 Å². The van der Waals surface area contributed by atoms with Crippen LogP contribution < -0.4 is 9.80 Å². The van der Waals surface area contributed by atoms with Crippen molar-refractivity contribution in [3.05, 3.63) is 66.1 Å². The van der Waals surface area contributed by atoms with E-state index in [-0.39, 0.29) is 0 Å². The lowest BCUT2D eigenvalue weighted by Gasteiger charge is -2.28. The van der Waals surface area contributed by atoms with Crippen molar-refractivity contribution in [1.82, 2.24) is 0 Å². The van der Waals surface area contributed by atoms with Gasteiger partial charge in [0.1, 0.15) is 32.7 Å². The summed E-state index contributed by atoms with van der Waals surface area (Å²) in [5.41, 5.74) is 2.61. The number of benzene rings is 1. The van der Waals surface area contributed by atoms with Crippen LogP contribution in [0.1, 0.15) is 11.1 Å². The maximum Gasteiger partial charge on any atom is 0.127 e. The van der Waals surface area contributed by atoms with Crippen molar-refractivity contribution in [2.75, 3.05) is 32.7 Å². The van der Waals surface area contributed by atoms with Gasteiger partial charge in [0.2, 0.25) is 0 Å². The summed E-state index contributed by atoms with van der Waals surface area (Å²) in [6, 6.07) is 12.6. The summed E-state index contributed by atoms with van der Waals surface area (Å²) in [7, 11) is 0. The molecule has 1 fully saturated rings. The van der Waals surface area contributed by atoms with E-state index in [0.29, 0.717) is 0 Å². The lowest BCUT2D eigenvalue weighted by molar-refractivity contribution is -1.02. The first kappa shape index (κ1) is 14.1. The molecule has 3 heteroatoms. The molecule has 0 unspecified atom stereocenters. The topological polar surface area (TPSA) is 22.0 Å². The third kappa shape index (κ3) is 4.31. The maximum atomic E-state index is 5.14. The van der Waals surface area contributed by atoms with Gasteiger partial charge in [-0.25, -0.2) is 0 Å². The lowest BCUT2D eigenvalue weighted by Crippen LogP contribution is -3.27. The normalized spacial score (nSPS) is 22.7. The minimum absolute atomic E-state index is 1.10. The molecule has 0 saturated carbocycles. The van der Waals surface area contributed by atoms with Gasteiger partial charge in [0, 0.05) is 5.56 Å². The number of piperazine rings is 1. The summed E-state index contributed by atoms with van der Waals surface area (Å²) >= 11 is 0. The third-order valence-corrected chi connectivity index (χ3v) is 4.21. The summed E-state index contributed by atoms with van der Waals surface area (Å²) in [6.45, 7) is 7.25. The maximum absolute atomic E-state index is 5.14. The molecule has 0 spiro atoms. The molecule has 1 aliphatic rings. The van der Waals surface area contributed by atoms with Crippen LogP contribution in [0.25, 0.3) is 6.08 Å². The zero-order valence-corrected chi connectivity index (χ0v) is 12.4. The largest absolute Gasteiger partial charge is 0.472 e. The zero-order valence-electron chi connectivity index (χ0n) is 12.4. The molecule has 0 aliphatic carbocycles. The second-order valence-corrected chi connectivity index (χ2v) is 5.83. The molecular weight excluding hydrogens is 260 g/mol. The first-order valence-corrected chi connectivity index (χ1v) is 7.80. The molecule has 2 N–H and O–H groups in total. The predicted molar refractivity (Wildman–Crippen MR) is 84.1 cm³/mol. The van der Waals surface area contributed by atoms with E-state index in [1.54, 1.807) is 16.1 Å². The monoisotopic (exact) mass is 284 g/mol. The highest BCUT2D eigenvalue weighted by Gasteiger charge is 2.22. The molecule has 1 aromatic carbocycles. The van der Waals surface area contributed by atoms with Gasteiger partial charge in [-0.1, -0.05) is 36.4 Å². The Hall–Kier alpha value is -1.84. The van der Waals surface area contributed by atoms with Crippen LogP contribution in [0, 0.1) is 0 Å². The Bertz CT molecular complexity index is 540. The van der Waals surface area contributed by atoms with E-state index in [9.17, 15) is 0 Å². The minimum Gasteiger partial charge on any atom is -0.472 e. The van der Waals surface area contributed by atoms with E-state index in [4.69, 9.17) is 4.42 Å². The Labute approximate surface area is 126 Å². The smallest absolute Gasteiger partial charge is 0.127 e. The predicted octanol–water partition coefficient (Wildman–Crippen LogP) is 0.276. The molecule has 110 valence electrons.